The molecule has 1 amide bonds. The Hall–Kier alpha value is -3.46. The van der Waals surface area contributed by atoms with Gasteiger partial charge in [-0.2, -0.15) is 5.10 Å². The van der Waals surface area contributed by atoms with Crippen molar-refractivity contribution in [1.82, 2.24) is 29.5 Å². The zero-order valence-electron chi connectivity index (χ0n) is 17.7. The van der Waals surface area contributed by atoms with Gasteiger partial charge in [0.05, 0.1) is 29.7 Å². The van der Waals surface area contributed by atoms with Gasteiger partial charge in [-0.25, -0.2) is 14.5 Å². The maximum atomic E-state index is 12.9. The van der Waals surface area contributed by atoms with Gasteiger partial charge in [0.15, 0.2) is 11.3 Å². The summed E-state index contributed by atoms with van der Waals surface area (Å²) in [6, 6.07) is 5.89. The molecule has 0 aliphatic heterocycles. The van der Waals surface area contributed by atoms with Gasteiger partial charge < -0.3 is 20.3 Å². The number of carbonyl (C=O) groups is 1. The van der Waals surface area contributed by atoms with Crippen LogP contribution in [0.3, 0.4) is 0 Å². The molecule has 5 rings (SSSR count). The molecule has 0 spiro atoms. The molecule has 2 atom stereocenters. The predicted octanol–water partition coefficient (Wildman–Crippen LogP) is 2.62. The van der Waals surface area contributed by atoms with Gasteiger partial charge >= 0.3 is 0 Å². The third kappa shape index (κ3) is 3.12. The van der Waals surface area contributed by atoms with E-state index in [0.717, 1.165) is 28.7 Å². The molecule has 0 radical (unpaired) electrons. The summed E-state index contributed by atoms with van der Waals surface area (Å²) < 4.78 is 3.69. The van der Waals surface area contributed by atoms with E-state index >= 15 is 0 Å². The van der Waals surface area contributed by atoms with Crippen LogP contribution in [0.25, 0.3) is 27.9 Å². The summed E-state index contributed by atoms with van der Waals surface area (Å²) in [7, 11) is 1.82. The summed E-state index contributed by atoms with van der Waals surface area (Å²) in [6.07, 6.45) is 6.34. The minimum atomic E-state index is -0.491. The number of nitrogens with one attached hydrogen (secondary N) is 2. The zero-order chi connectivity index (χ0) is 21.7. The number of anilines is 1. The second-order valence-electron chi connectivity index (χ2n) is 8.22. The summed E-state index contributed by atoms with van der Waals surface area (Å²) in [5, 5.41) is 21.6. The summed E-state index contributed by atoms with van der Waals surface area (Å²) >= 11 is 0. The molecule has 4 aromatic rings. The van der Waals surface area contributed by atoms with Crippen LogP contribution in [0.2, 0.25) is 0 Å². The van der Waals surface area contributed by atoms with Crippen molar-refractivity contribution < 1.29 is 9.90 Å². The molecule has 0 saturated heterocycles. The number of imidazole rings is 1. The van der Waals surface area contributed by atoms with Crippen molar-refractivity contribution in [3.8, 4) is 11.3 Å². The van der Waals surface area contributed by atoms with E-state index < -0.39 is 6.10 Å². The highest BCUT2D eigenvalue weighted by atomic mass is 16.3. The lowest BCUT2D eigenvalue weighted by Crippen LogP contribution is -2.50. The standard InChI is InChI=1S/C22H25N7O2/c1-12(2)28-11-14(13-5-4-8-24-20(13)28)16-9-17(23-3)21-25-10-18(29(21)27-16)22(31)26-15-6-7-19(15)30/h4-5,8-12,15,19,23,30H,6-7H2,1-3H3,(H,26,31)/t15?,19-/m1/s1. The Morgan fingerprint density at radius 2 is 2.10 bits per heavy atom. The van der Waals surface area contributed by atoms with Crippen molar-refractivity contribution >= 4 is 28.3 Å². The first-order valence-corrected chi connectivity index (χ1v) is 10.5. The number of amides is 1. The number of rotatable bonds is 5. The highest BCUT2D eigenvalue weighted by Crippen LogP contribution is 2.32. The molecule has 4 heterocycles. The van der Waals surface area contributed by atoms with Crippen LogP contribution in [0.1, 0.15) is 43.2 Å². The van der Waals surface area contributed by atoms with Gasteiger partial charge in [-0.3, -0.25) is 4.79 Å². The van der Waals surface area contributed by atoms with Crippen LogP contribution < -0.4 is 10.6 Å². The van der Waals surface area contributed by atoms with Crippen LogP contribution in [0.4, 0.5) is 5.69 Å². The first-order valence-electron chi connectivity index (χ1n) is 10.5. The van der Waals surface area contributed by atoms with Crippen molar-refractivity contribution in [3.63, 3.8) is 0 Å². The molecule has 31 heavy (non-hydrogen) atoms. The lowest BCUT2D eigenvalue weighted by Gasteiger charge is -2.32. The molecule has 9 heteroatoms. The first kappa shape index (κ1) is 19.5. The Labute approximate surface area is 179 Å². The Morgan fingerprint density at radius 1 is 1.26 bits per heavy atom. The maximum absolute atomic E-state index is 12.9. The number of aliphatic hydroxyl groups excluding tert-OH is 1. The molecule has 1 fully saturated rings. The van der Waals surface area contributed by atoms with Crippen molar-refractivity contribution in [2.24, 2.45) is 0 Å². The van der Waals surface area contributed by atoms with E-state index in [9.17, 15) is 9.90 Å². The van der Waals surface area contributed by atoms with Crippen molar-refractivity contribution in [2.45, 2.75) is 44.9 Å². The van der Waals surface area contributed by atoms with Crippen LogP contribution in [0.5, 0.6) is 0 Å². The molecule has 1 aliphatic rings. The third-order valence-electron chi connectivity index (χ3n) is 5.95. The Morgan fingerprint density at radius 3 is 2.77 bits per heavy atom. The van der Waals surface area contributed by atoms with Gasteiger partial charge in [0.1, 0.15) is 5.65 Å². The Bertz CT molecular complexity index is 1290. The molecule has 0 aromatic carbocycles. The molecule has 9 nitrogen and oxygen atoms in total. The largest absolute Gasteiger partial charge is 0.391 e. The second-order valence-corrected chi connectivity index (χ2v) is 8.22. The van der Waals surface area contributed by atoms with Gasteiger partial charge in [-0.05, 0) is 44.9 Å². The number of carbonyl (C=O) groups excluding carboxylic acids is 1. The number of nitrogens with zero attached hydrogens (tertiary/aromatic N) is 5. The molecule has 160 valence electrons. The maximum Gasteiger partial charge on any atom is 0.271 e. The highest BCUT2D eigenvalue weighted by Gasteiger charge is 2.31. The lowest BCUT2D eigenvalue weighted by atomic mass is 9.89. The van der Waals surface area contributed by atoms with Crippen molar-refractivity contribution in [1.29, 1.82) is 0 Å². The molecular formula is C22H25N7O2. The lowest BCUT2D eigenvalue weighted by molar-refractivity contribution is 0.0445. The Kier molecular flexibility index (Phi) is 4.62. The summed E-state index contributed by atoms with van der Waals surface area (Å²) in [5.74, 6) is -0.297. The third-order valence-corrected chi connectivity index (χ3v) is 5.95. The van der Waals surface area contributed by atoms with E-state index in [0.29, 0.717) is 23.5 Å². The number of aliphatic hydroxyl groups is 1. The van der Waals surface area contributed by atoms with E-state index in [1.54, 1.807) is 10.7 Å². The fraction of sp³-hybridized carbons (Fsp3) is 0.364. The SMILES string of the molecule is CNc1cc(-c2cn(C(C)C)c3ncccc23)nn2c(C(=O)NC3CC[C@H]3O)cnc12. The topological polar surface area (TPSA) is 109 Å². The number of pyridine rings is 1. The van der Waals surface area contributed by atoms with Gasteiger partial charge in [0.2, 0.25) is 0 Å². The fourth-order valence-electron chi connectivity index (χ4n) is 4.01. The van der Waals surface area contributed by atoms with E-state index in [1.807, 2.05) is 25.2 Å². The van der Waals surface area contributed by atoms with Crippen LogP contribution in [-0.4, -0.2) is 54.4 Å². The van der Waals surface area contributed by atoms with Crippen LogP contribution in [0, 0.1) is 0 Å². The van der Waals surface area contributed by atoms with Crippen LogP contribution in [-0.2, 0) is 0 Å². The van der Waals surface area contributed by atoms with E-state index in [-0.39, 0.29) is 18.0 Å². The summed E-state index contributed by atoms with van der Waals surface area (Å²) in [6.45, 7) is 4.22. The normalized spacial score (nSPS) is 18.5. The number of hydrogen-bond acceptors (Lipinski definition) is 6. The summed E-state index contributed by atoms with van der Waals surface area (Å²) in [5.41, 5.74) is 4.20. The first-order chi connectivity index (χ1) is 15.0. The zero-order valence-corrected chi connectivity index (χ0v) is 17.7. The molecule has 1 unspecified atom stereocenters. The van der Waals surface area contributed by atoms with Crippen LogP contribution in [0.15, 0.2) is 36.8 Å². The molecule has 1 saturated carbocycles. The van der Waals surface area contributed by atoms with Gasteiger partial charge in [-0.1, -0.05) is 0 Å². The monoisotopic (exact) mass is 419 g/mol. The fourth-order valence-corrected chi connectivity index (χ4v) is 4.01. The summed E-state index contributed by atoms with van der Waals surface area (Å²) in [4.78, 5) is 21.8. The average molecular weight is 419 g/mol. The second kappa shape index (κ2) is 7.35. The minimum Gasteiger partial charge on any atom is -0.391 e. The van der Waals surface area contributed by atoms with Crippen LogP contribution >= 0.6 is 0 Å². The quantitative estimate of drug-likeness (QED) is 0.459. The van der Waals surface area contributed by atoms with E-state index in [2.05, 4.69) is 45.2 Å². The van der Waals surface area contributed by atoms with Gasteiger partial charge in [-0.15, -0.1) is 0 Å². The smallest absolute Gasteiger partial charge is 0.271 e. The molecule has 0 bridgehead atoms. The Balaban J connectivity index is 1.65. The van der Waals surface area contributed by atoms with E-state index in [4.69, 9.17) is 5.10 Å². The van der Waals surface area contributed by atoms with Crippen molar-refractivity contribution in [2.75, 3.05) is 12.4 Å². The van der Waals surface area contributed by atoms with Gasteiger partial charge in [0, 0.05) is 36.4 Å². The number of aromatic nitrogens is 5. The number of hydrogen-bond donors (Lipinski definition) is 3. The predicted molar refractivity (Wildman–Crippen MR) is 118 cm³/mol. The highest BCUT2D eigenvalue weighted by molar-refractivity contribution is 5.96. The molecule has 4 aromatic heterocycles. The van der Waals surface area contributed by atoms with E-state index in [1.165, 1.54) is 6.20 Å². The minimum absolute atomic E-state index is 0.222. The average Bonchev–Trinajstić information content (AvgIpc) is 3.37. The molecule has 1 aliphatic carbocycles. The molecule has 3 N–H and O–H groups in total. The van der Waals surface area contributed by atoms with Gasteiger partial charge in [0.25, 0.3) is 5.91 Å². The van der Waals surface area contributed by atoms with Crippen molar-refractivity contribution in [3.05, 3.63) is 42.5 Å². The number of fused-ring (bicyclic) bond motifs is 2. The molecular weight excluding hydrogens is 394 g/mol.